The van der Waals surface area contributed by atoms with Crippen LogP contribution in [-0.4, -0.2) is 51.1 Å². The summed E-state index contributed by atoms with van der Waals surface area (Å²) in [5.41, 5.74) is -0.447. The van der Waals surface area contributed by atoms with Crippen LogP contribution in [0.5, 0.6) is 0 Å². The lowest BCUT2D eigenvalue weighted by Crippen LogP contribution is -2.45. The fraction of sp³-hybridized carbons (Fsp3) is 0.375. The molecular formula is C24H26N4O5. The van der Waals surface area contributed by atoms with Gasteiger partial charge in [0.15, 0.2) is 5.65 Å². The normalized spacial score (nSPS) is 14.2. The molecule has 0 atom stereocenters. The predicted octanol–water partition coefficient (Wildman–Crippen LogP) is 2.05. The molecule has 1 aliphatic heterocycles. The second-order valence-electron chi connectivity index (χ2n) is 8.14. The molecule has 3 aromatic rings. The van der Waals surface area contributed by atoms with Crippen molar-refractivity contribution in [3.63, 3.8) is 0 Å². The number of aromatic nitrogens is 3. The maximum atomic E-state index is 13.6. The Bertz CT molecular complexity index is 1320. The Morgan fingerprint density at radius 1 is 1.03 bits per heavy atom. The van der Waals surface area contributed by atoms with Gasteiger partial charge in [-0.2, -0.15) is 0 Å². The number of hydrogen-bond acceptors (Lipinski definition) is 6. The van der Waals surface area contributed by atoms with Gasteiger partial charge in [-0.15, -0.1) is 0 Å². The Morgan fingerprint density at radius 3 is 2.33 bits per heavy atom. The lowest BCUT2D eigenvalue weighted by molar-refractivity contribution is -0.131. The summed E-state index contributed by atoms with van der Waals surface area (Å²) in [6.45, 7) is 2.46. The maximum Gasteiger partial charge on any atom is 0.338 e. The van der Waals surface area contributed by atoms with Crippen molar-refractivity contribution < 1.29 is 14.3 Å². The van der Waals surface area contributed by atoms with Gasteiger partial charge in [-0.05, 0) is 38.0 Å². The van der Waals surface area contributed by atoms with Gasteiger partial charge in [-0.25, -0.2) is 23.7 Å². The van der Waals surface area contributed by atoms with E-state index in [0.717, 1.165) is 30.3 Å². The molecule has 1 saturated heterocycles. The third kappa shape index (κ3) is 4.30. The number of carbonyl (C=O) groups is 2. The topological polar surface area (TPSA) is 104 Å². The van der Waals surface area contributed by atoms with Crippen LogP contribution in [0.1, 0.15) is 41.7 Å². The molecule has 3 heterocycles. The summed E-state index contributed by atoms with van der Waals surface area (Å²) in [5.74, 6) is -1.01. The van der Waals surface area contributed by atoms with Crippen molar-refractivity contribution in [2.24, 2.45) is 0 Å². The maximum absolute atomic E-state index is 13.6. The van der Waals surface area contributed by atoms with Crippen molar-refractivity contribution in [1.82, 2.24) is 19.0 Å². The first-order valence-corrected chi connectivity index (χ1v) is 11.0. The molecule has 1 aliphatic rings. The molecule has 9 heteroatoms. The van der Waals surface area contributed by atoms with E-state index in [1.165, 1.54) is 17.7 Å². The molecule has 2 aromatic heterocycles. The van der Waals surface area contributed by atoms with Gasteiger partial charge < -0.3 is 9.64 Å². The van der Waals surface area contributed by atoms with Crippen LogP contribution in [0.2, 0.25) is 0 Å². The van der Waals surface area contributed by atoms with E-state index in [9.17, 15) is 19.2 Å². The number of ether oxygens (including phenoxy) is 1. The van der Waals surface area contributed by atoms with Crippen molar-refractivity contribution in [3.8, 4) is 5.69 Å². The number of amides is 1. The zero-order valence-electron chi connectivity index (χ0n) is 18.7. The molecule has 172 valence electrons. The van der Waals surface area contributed by atoms with Crippen LogP contribution in [0, 0.1) is 6.92 Å². The SMILES string of the molecule is COC(=O)c1cc(C)nc2c1c(=O)n(CC(=O)N1CCCCCC1)c(=O)n2-c1ccccc1. The molecule has 1 amide bonds. The van der Waals surface area contributed by atoms with Crippen LogP contribution in [0.25, 0.3) is 16.7 Å². The number of hydrogen-bond donors (Lipinski definition) is 0. The van der Waals surface area contributed by atoms with Crippen molar-refractivity contribution in [1.29, 1.82) is 0 Å². The monoisotopic (exact) mass is 450 g/mol. The van der Waals surface area contributed by atoms with Gasteiger partial charge in [0.25, 0.3) is 5.56 Å². The lowest BCUT2D eigenvalue weighted by atomic mass is 10.1. The van der Waals surface area contributed by atoms with Gasteiger partial charge in [-0.3, -0.25) is 9.59 Å². The third-order valence-electron chi connectivity index (χ3n) is 5.89. The highest BCUT2D eigenvalue weighted by Crippen LogP contribution is 2.18. The Kier molecular flexibility index (Phi) is 6.39. The molecule has 0 bridgehead atoms. The van der Waals surface area contributed by atoms with Gasteiger partial charge in [-0.1, -0.05) is 31.0 Å². The lowest BCUT2D eigenvalue weighted by Gasteiger charge is -2.21. The first-order valence-electron chi connectivity index (χ1n) is 11.0. The number of rotatable bonds is 4. The number of pyridine rings is 1. The average Bonchev–Trinajstić information content (AvgIpc) is 3.11. The quantitative estimate of drug-likeness (QED) is 0.564. The third-order valence-corrected chi connectivity index (χ3v) is 5.89. The highest BCUT2D eigenvalue weighted by Gasteiger charge is 2.25. The number of methoxy groups -OCH3 is 1. The Hall–Kier alpha value is -3.75. The van der Waals surface area contributed by atoms with Crippen LogP contribution in [0.3, 0.4) is 0 Å². The van der Waals surface area contributed by atoms with E-state index in [1.54, 1.807) is 42.2 Å². The number of fused-ring (bicyclic) bond motifs is 1. The summed E-state index contributed by atoms with van der Waals surface area (Å²) in [4.78, 5) is 58.7. The van der Waals surface area contributed by atoms with E-state index in [-0.39, 0.29) is 22.5 Å². The zero-order valence-corrected chi connectivity index (χ0v) is 18.7. The summed E-state index contributed by atoms with van der Waals surface area (Å²) >= 11 is 0. The summed E-state index contributed by atoms with van der Waals surface area (Å²) in [6.07, 6.45) is 3.88. The minimum atomic E-state index is -0.738. The van der Waals surface area contributed by atoms with E-state index in [4.69, 9.17) is 4.74 Å². The fourth-order valence-corrected chi connectivity index (χ4v) is 4.24. The first kappa shape index (κ1) is 22.4. The Morgan fingerprint density at radius 2 is 1.70 bits per heavy atom. The molecule has 33 heavy (non-hydrogen) atoms. The summed E-state index contributed by atoms with van der Waals surface area (Å²) < 4.78 is 7.05. The van der Waals surface area contributed by atoms with E-state index in [1.807, 2.05) is 0 Å². The molecule has 4 rings (SSSR count). The van der Waals surface area contributed by atoms with Gasteiger partial charge in [0.1, 0.15) is 6.54 Å². The number of aryl methyl sites for hydroxylation is 1. The molecule has 0 saturated carbocycles. The molecule has 0 aliphatic carbocycles. The van der Waals surface area contributed by atoms with Gasteiger partial charge in [0.05, 0.1) is 23.7 Å². The van der Waals surface area contributed by atoms with Crippen LogP contribution in [0.15, 0.2) is 46.0 Å². The summed E-state index contributed by atoms with van der Waals surface area (Å²) in [5, 5.41) is -0.0560. The van der Waals surface area contributed by atoms with E-state index in [2.05, 4.69) is 4.98 Å². The van der Waals surface area contributed by atoms with Crippen molar-refractivity contribution in [3.05, 3.63) is 68.5 Å². The number of esters is 1. The van der Waals surface area contributed by atoms with Crippen LogP contribution in [0.4, 0.5) is 0 Å². The smallest absolute Gasteiger partial charge is 0.338 e. The molecule has 1 fully saturated rings. The second kappa shape index (κ2) is 9.40. The minimum Gasteiger partial charge on any atom is -0.465 e. The molecule has 0 unspecified atom stereocenters. The Labute approximate surface area is 190 Å². The zero-order chi connectivity index (χ0) is 23.5. The number of carbonyl (C=O) groups excluding carboxylic acids is 2. The van der Waals surface area contributed by atoms with Crippen molar-refractivity contribution in [2.75, 3.05) is 20.2 Å². The largest absolute Gasteiger partial charge is 0.465 e. The van der Waals surface area contributed by atoms with E-state index < -0.39 is 23.8 Å². The molecule has 1 aromatic carbocycles. The number of benzene rings is 1. The van der Waals surface area contributed by atoms with Gasteiger partial charge in [0.2, 0.25) is 5.91 Å². The van der Waals surface area contributed by atoms with Crippen LogP contribution < -0.4 is 11.2 Å². The molecule has 0 spiro atoms. The van der Waals surface area contributed by atoms with Crippen LogP contribution >= 0.6 is 0 Å². The molecular weight excluding hydrogens is 424 g/mol. The molecule has 0 radical (unpaired) electrons. The minimum absolute atomic E-state index is 0.00523. The van der Waals surface area contributed by atoms with Crippen molar-refractivity contribution in [2.45, 2.75) is 39.2 Å². The average molecular weight is 450 g/mol. The van der Waals surface area contributed by atoms with Gasteiger partial charge in [0, 0.05) is 18.8 Å². The second-order valence-corrected chi connectivity index (χ2v) is 8.14. The summed E-state index contributed by atoms with van der Waals surface area (Å²) in [7, 11) is 1.22. The number of para-hydroxylation sites is 1. The van der Waals surface area contributed by atoms with Gasteiger partial charge >= 0.3 is 11.7 Å². The highest BCUT2D eigenvalue weighted by molar-refractivity contribution is 6.02. The van der Waals surface area contributed by atoms with Crippen molar-refractivity contribution >= 4 is 22.9 Å². The molecule has 0 N–H and O–H groups in total. The fourth-order valence-electron chi connectivity index (χ4n) is 4.24. The Balaban J connectivity index is 1.98. The first-order chi connectivity index (χ1) is 15.9. The van der Waals surface area contributed by atoms with Crippen LogP contribution in [-0.2, 0) is 16.1 Å². The predicted molar refractivity (Wildman–Crippen MR) is 123 cm³/mol. The van der Waals surface area contributed by atoms with E-state index >= 15 is 0 Å². The van der Waals surface area contributed by atoms with E-state index in [0.29, 0.717) is 24.5 Å². The highest BCUT2D eigenvalue weighted by atomic mass is 16.5. The summed E-state index contributed by atoms with van der Waals surface area (Å²) in [6, 6.07) is 10.2. The number of likely N-dealkylation sites (tertiary alicyclic amines) is 1. The molecule has 9 nitrogen and oxygen atoms in total. The standard InChI is InChI=1S/C24H26N4O5/c1-16-14-18(23(31)33-2)20-21(25-16)28(17-10-6-5-7-11-17)24(32)27(22(20)30)15-19(29)26-12-8-3-4-9-13-26/h5-7,10-11,14H,3-4,8-9,12-13,15H2,1-2H3. The number of nitrogens with zero attached hydrogens (tertiary/aromatic N) is 4.